The second kappa shape index (κ2) is 6.28. The van der Waals surface area contributed by atoms with Crippen LogP contribution in [0.3, 0.4) is 0 Å². The van der Waals surface area contributed by atoms with Crippen molar-refractivity contribution in [2.75, 3.05) is 0 Å². The Bertz CT molecular complexity index is 413. The molecule has 0 aromatic heterocycles. The van der Waals surface area contributed by atoms with Gasteiger partial charge in [0.05, 0.1) is 6.61 Å². The average molecular weight is 266 g/mol. The zero-order chi connectivity index (χ0) is 14.5. The molecule has 0 aliphatic rings. The maximum absolute atomic E-state index is 11.8. The molecule has 19 heavy (non-hydrogen) atoms. The third kappa shape index (κ3) is 3.41. The zero-order valence-electron chi connectivity index (χ0n) is 11.7. The van der Waals surface area contributed by atoms with E-state index < -0.39 is 17.2 Å². The third-order valence-corrected chi connectivity index (χ3v) is 3.42. The Labute approximate surface area is 114 Å². The van der Waals surface area contributed by atoms with Crippen molar-refractivity contribution in [2.24, 2.45) is 0 Å². The standard InChI is InChI=1S/C15H22O4/c1-4-13(16)15(18,5-2)14(3,17)19-11-12-9-7-6-8-10-12/h6-10,17-18H,4-5,11H2,1-3H3/t14-,15-/m1/s1. The number of carbonyl (C=O) groups is 1. The monoisotopic (exact) mass is 266 g/mol. The molecule has 1 aromatic rings. The maximum atomic E-state index is 11.8. The molecule has 0 saturated heterocycles. The normalized spacial score (nSPS) is 17.5. The summed E-state index contributed by atoms with van der Waals surface area (Å²) in [5, 5.41) is 20.7. The summed E-state index contributed by atoms with van der Waals surface area (Å²) in [7, 11) is 0. The fourth-order valence-corrected chi connectivity index (χ4v) is 1.99. The zero-order valence-corrected chi connectivity index (χ0v) is 11.7. The summed E-state index contributed by atoms with van der Waals surface area (Å²) >= 11 is 0. The highest BCUT2D eigenvalue weighted by Gasteiger charge is 2.50. The highest BCUT2D eigenvalue weighted by Crippen LogP contribution is 2.30. The molecule has 4 nitrogen and oxygen atoms in total. The van der Waals surface area contributed by atoms with Gasteiger partial charge >= 0.3 is 0 Å². The van der Waals surface area contributed by atoms with Crippen molar-refractivity contribution in [3.8, 4) is 0 Å². The van der Waals surface area contributed by atoms with E-state index in [-0.39, 0.29) is 19.4 Å². The van der Waals surface area contributed by atoms with E-state index >= 15 is 0 Å². The first-order chi connectivity index (χ1) is 8.87. The number of ketones is 1. The third-order valence-electron chi connectivity index (χ3n) is 3.42. The molecule has 0 aliphatic carbocycles. The van der Waals surface area contributed by atoms with E-state index in [1.807, 2.05) is 30.3 Å². The van der Waals surface area contributed by atoms with Gasteiger partial charge in [0.2, 0.25) is 0 Å². The lowest BCUT2D eigenvalue weighted by Crippen LogP contribution is -2.58. The minimum atomic E-state index is -1.91. The van der Waals surface area contributed by atoms with Gasteiger partial charge in [-0.2, -0.15) is 0 Å². The molecule has 0 aliphatic heterocycles. The Morgan fingerprint density at radius 3 is 2.26 bits per heavy atom. The first-order valence-corrected chi connectivity index (χ1v) is 6.53. The van der Waals surface area contributed by atoms with Gasteiger partial charge in [0.25, 0.3) is 0 Å². The Morgan fingerprint density at radius 2 is 1.79 bits per heavy atom. The number of carbonyl (C=O) groups excluding carboxylic acids is 1. The molecule has 0 heterocycles. The summed E-state index contributed by atoms with van der Waals surface area (Å²) in [6, 6.07) is 9.29. The van der Waals surface area contributed by atoms with E-state index in [2.05, 4.69) is 0 Å². The van der Waals surface area contributed by atoms with Crippen LogP contribution in [-0.4, -0.2) is 27.4 Å². The molecule has 0 saturated carbocycles. The molecule has 2 N–H and O–H groups in total. The predicted octanol–water partition coefficient (Wildman–Crippen LogP) is 2.03. The fraction of sp³-hybridized carbons (Fsp3) is 0.533. The molecule has 1 aromatic carbocycles. The first-order valence-electron chi connectivity index (χ1n) is 6.53. The van der Waals surface area contributed by atoms with Gasteiger partial charge in [0.1, 0.15) is 0 Å². The second-order valence-electron chi connectivity index (χ2n) is 4.75. The Kier molecular flexibility index (Phi) is 5.23. The van der Waals surface area contributed by atoms with Gasteiger partial charge in [-0.15, -0.1) is 0 Å². The number of aliphatic hydroxyl groups is 2. The van der Waals surface area contributed by atoms with Crippen LogP contribution < -0.4 is 0 Å². The molecule has 2 atom stereocenters. The summed E-state index contributed by atoms with van der Waals surface area (Å²) in [6.45, 7) is 4.75. The van der Waals surface area contributed by atoms with Crippen LogP contribution in [0.4, 0.5) is 0 Å². The maximum Gasteiger partial charge on any atom is 0.199 e. The van der Waals surface area contributed by atoms with Crippen LogP contribution in [0.5, 0.6) is 0 Å². The van der Waals surface area contributed by atoms with Crippen molar-refractivity contribution < 1.29 is 19.7 Å². The van der Waals surface area contributed by atoms with Gasteiger partial charge in [0, 0.05) is 6.42 Å². The Hall–Kier alpha value is -1.23. The second-order valence-corrected chi connectivity index (χ2v) is 4.75. The number of Topliss-reactive ketones (excluding diaryl/α,β-unsaturated/α-hetero) is 1. The minimum absolute atomic E-state index is 0.0987. The summed E-state index contributed by atoms with van der Waals surface area (Å²) in [5.74, 6) is -2.34. The largest absolute Gasteiger partial charge is 0.377 e. The van der Waals surface area contributed by atoms with Crippen LogP contribution in [-0.2, 0) is 16.1 Å². The Balaban J connectivity index is 2.81. The minimum Gasteiger partial charge on any atom is -0.377 e. The van der Waals surface area contributed by atoms with Gasteiger partial charge in [-0.05, 0) is 18.9 Å². The van der Waals surface area contributed by atoms with E-state index in [0.29, 0.717) is 0 Å². The quantitative estimate of drug-likeness (QED) is 0.741. The number of rotatable bonds is 7. The summed E-state index contributed by atoms with van der Waals surface area (Å²) in [4.78, 5) is 11.8. The molecule has 0 bridgehead atoms. The van der Waals surface area contributed by atoms with Crippen LogP contribution in [0, 0.1) is 0 Å². The van der Waals surface area contributed by atoms with Crippen molar-refractivity contribution in [1.29, 1.82) is 0 Å². The van der Waals surface area contributed by atoms with Gasteiger partial charge in [0.15, 0.2) is 17.2 Å². The summed E-state index contributed by atoms with van der Waals surface area (Å²) in [5.41, 5.74) is -1.01. The first kappa shape index (κ1) is 15.8. The highest BCUT2D eigenvalue weighted by atomic mass is 16.6. The van der Waals surface area contributed by atoms with E-state index in [9.17, 15) is 15.0 Å². The average Bonchev–Trinajstić information content (AvgIpc) is 2.44. The molecule has 4 heteroatoms. The molecule has 1 rings (SSSR count). The van der Waals surface area contributed by atoms with E-state index in [4.69, 9.17) is 4.74 Å². The van der Waals surface area contributed by atoms with Gasteiger partial charge in [-0.3, -0.25) is 4.79 Å². The van der Waals surface area contributed by atoms with Gasteiger partial charge < -0.3 is 14.9 Å². The highest BCUT2D eigenvalue weighted by molar-refractivity contribution is 5.87. The lowest BCUT2D eigenvalue weighted by molar-refractivity contribution is -0.284. The van der Waals surface area contributed by atoms with E-state index in [1.54, 1.807) is 13.8 Å². The van der Waals surface area contributed by atoms with Gasteiger partial charge in [-0.25, -0.2) is 0 Å². The van der Waals surface area contributed by atoms with Crippen molar-refractivity contribution in [3.63, 3.8) is 0 Å². The number of hydrogen-bond acceptors (Lipinski definition) is 4. The molecule has 0 amide bonds. The molecule has 106 valence electrons. The summed E-state index contributed by atoms with van der Waals surface area (Å²) < 4.78 is 5.38. The van der Waals surface area contributed by atoms with Crippen LogP contribution in [0.1, 0.15) is 39.2 Å². The smallest absolute Gasteiger partial charge is 0.199 e. The molecule has 0 spiro atoms. The lowest BCUT2D eigenvalue weighted by atomic mass is 9.85. The van der Waals surface area contributed by atoms with Crippen LogP contribution in [0.15, 0.2) is 30.3 Å². The molecule has 0 radical (unpaired) electrons. The SMILES string of the molecule is CCC(=O)[C@](O)(CC)[C@](C)(O)OCc1ccccc1. The van der Waals surface area contributed by atoms with Crippen LogP contribution >= 0.6 is 0 Å². The fourth-order valence-electron chi connectivity index (χ4n) is 1.99. The van der Waals surface area contributed by atoms with E-state index in [0.717, 1.165) is 5.56 Å². The van der Waals surface area contributed by atoms with Crippen molar-refractivity contribution in [2.45, 2.75) is 51.6 Å². The van der Waals surface area contributed by atoms with E-state index in [1.165, 1.54) is 6.92 Å². The topological polar surface area (TPSA) is 66.8 Å². The number of hydrogen-bond donors (Lipinski definition) is 2. The van der Waals surface area contributed by atoms with Crippen LogP contribution in [0.2, 0.25) is 0 Å². The van der Waals surface area contributed by atoms with Crippen LogP contribution in [0.25, 0.3) is 0 Å². The Morgan fingerprint density at radius 1 is 1.21 bits per heavy atom. The molecule has 0 fully saturated rings. The molecular formula is C15H22O4. The van der Waals surface area contributed by atoms with Crippen molar-refractivity contribution in [1.82, 2.24) is 0 Å². The number of benzene rings is 1. The van der Waals surface area contributed by atoms with Crippen molar-refractivity contribution >= 4 is 5.78 Å². The van der Waals surface area contributed by atoms with Gasteiger partial charge in [-0.1, -0.05) is 44.2 Å². The van der Waals surface area contributed by atoms with Crippen molar-refractivity contribution in [3.05, 3.63) is 35.9 Å². The summed E-state index contributed by atoms with van der Waals surface area (Å²) in [6.07, 6.45) is 0.247. The molecular weight excluding hydrogens is 244 g/mol. The predicted molar refractivity (Wildman–Crippen MR) is 72.4 cm³/mol. The lowest BCUT2D eigenvalue weighted by Gasteiger charge is -2.38. The number of ether oxygens (including phenoxy) is 1. The molecule has 0 unspecified atom stereocenters.